The number of rotatable bonds is 7. The molecule has 13 nitrogen and oxygen atoms in total. The fraction of sp³-hybridized carbons (Fsp3) is 0.486. The maximum Gasteiger partial charge on any atom is 0.421 e. The van der Waals surface area contributed by atoms with Crippen LogP contribution in [0.2, 0.25) is 0 Å². The zero-order valence-electron chi connectivity index (χ0n) is 28.8. The van der Waals surface area contributed by atoms with Crippen molar-refractivity contribution in [1.29, 1.82) is 0 Å². The summed E-state index contributed by atoms with van der Waals surface area (Å²) in [5, 5.41) is 11.5. The predicted molar refractivity (Wildman–Crippen MR) is 190 cm³/mol. The van der Waals surface area contributed by atoms with Gasteiger partial charge in [0.2, 0.25) is 11.9 Å². The smallest absolute Gasteiger partial charge is 0.421 e. The Bertz CT molecular complexity index is 1830. The first-order chi connectivity index (χ1) is 23.2. The lowest BCUT2D eigenvalue weighted by Crippen LogP contribution is -2.42. The van der Waals surface area contributed by atoms with Crippen LogP contribution in [0.15, 0.2) is 42.0 Å². The first-order valence-corrected chi connectivity index (χ1v) is 17.6. The quantitative estimate of drug-likeness (QED) is 0.189. The van der Waals surface area contributed by atoms with Crippen molar-refractivity contribution in [3.05, 3.63) is 52.5 Å². The largest absolute Gasteiger partial charge is 0.444 e. The molecule has 14 heteroatoms. The molecule has 6 rings (SSSR count). The highest BCUT2D eigenvalue weighted by atomic mass is 32.1. The van der Waals surface area contributed by atoms with Gasteiger partial charge < -0.3 is 30.3 Å². The van der Waals surface area contributed by atoms with Crippen LogP contribution in [0, 0.1) is 0 Å². The molecule has 0 unspecified atom stereocenters. The maximum atomic E-state index is 13.2. The molecule has 0 bridgehead atoms. The monoisotopic (exact) mass is 688 g/mol. The van der Waals surface area contributed by atoms with Gasteiger partial charge in [0.25, 0.3) is 0 Å². The van der Waals surface area contributed by atoms with Crippen molar-refractivity contribution in [2.45, 2.75) is 103 Å². The zero-order chi connectivity index (χ0) is 34.9. The number of nitrogens with one attached hydrogen (secondary N) is 3. The molecule has 3 aromatic heterocycles. The fourth-order valence-corrected chi connectivity index (χ4v) is 6.80. The van der Waals surface area contributed by atoms with Gasteiger partial charge in [0.15, 0.2) is 17.0 Å². The number of thiophene rings is 1. The van der Waals surface area contributed by atoms with Gasteiger partial charge in [-0.1, -0.05) is 6.07 Å². The van der Waals surface area contributed by atoms with Crippen molar-refractivity contribution in [1.82, 2.24) is 24.8 Å². The molecular weight excluding hydrogens is 645 g/mol. The summed E-state index contributed by atoms with van der Waals surface area (Å²) in [7, 11) is 0. The number of amides is 2. The second-order valence-electron chi connectivity index (χ2n) is 14.5. The molecule has 260 valence electrons. The van der Waals surface area contributed by atoms with E-state index in [1.54, 1.807) is 11.3 Å². The molecule has 0 spiro atoms. The Hall–Kier alpha value is -4.72. The average molecular weight is 689 g/mol. The van der Waals surface area contributed by atoms with Gasteiger partial charge in [0.1, 0.15) is 17.5 Å². The lowest BCUT2D eigenvalue weighted by atomic mass is 9.91. The van der Waals surface area contributed by atoms with Gasteiger partial charge in [0, 0.05) is 34.9 Å². The molecule has 49 heavy (non-hydrogen) atoms. The van der Waals surface area contributed by atoms with Crippen LogP contribution in [0.4, 0.5) is 32.7 Å². The molecule has 1 aromatic carbocycles. The highest BCUT2D eigenvalue weighted by Gasteiger charge is 2.30. The SMILES string of the molecule is CC(C)(C)OC(=O)NC1CCC(Nc2nc(N3CCc4cc(NC(=O)Cc5cccs5)ccc43)c3ncn(C(=O)OC(C)(C)C)c3n2)CC1. The number of ether oxygens (including phenoxy) is 2. The molecule has 3 N–H and O–H groups in total. The van der Waals surface area contributed by atoms with E-state index in [9.17, 15) is 14.4 Å². The lowest BCUT2D eigenvalue weighted by Gasteiger charge is -2.30. The first kappa shape index (κ1) is 34.2. The number of imidazole rings is 1. The second-order valence-corrected chi connectivity index (χ2v) is 15.6. The Morgan fingerprint density at radius 3 is 2.39 bits per heavy atom. The van der Waals surface area contributed by atoms with E-state index in [2.05, 4.69) is 25.8 Å². The standard InChI is InChI=1S/C35H44N8O5S/c1-34(2,3)47-32(45)39-23-11-9-22(10-12-23)38-31-40-29(28-30(41-31)43(20-36-28)33(46)48-35(4,5)6)42-16-15-21-18-24(13-14-26(21)42)37-27(44)19-25-8-7-17-49-25/h7-8,13-14,17-18,20,22-23H,9-12,15-16,19H2,1-6H3,(H,37,44)(H,39,45)(H,38,40,41). The Balaban J connectivity index is 1.23. The van der Waals surface area contributed by atoms with Crippen LogP contribution in [-0.4, -0.2) is 67.4 Å². The molecule has 1 aliphatic heterocycles. The predicted octanol–water partition coefficient (Wildman–Crippen LogP) is 6.79. The van der Waals surface area contributed by atoms with Crippen LogP contribution in [0.1, 0.15) is 77.7 Å². The number of benzene rings is 1. The third-order valence-corrected chi connectivity index (χ3v) is 9.05. The number of carbonyl (C=O) groups excluding carboxylic acids is 3. The number of hydrogen-bond donors (Lipinski definition) is 3. The number of aromatic nitrogens is 4. The van der Waals surface area contributed by atoms with E-state index in [1.165, 1.54) is 10.9 Å². The fourth-order valence-electron chi connectivity index (χ4n) is 6.10. The number of carbonyl (C=O) groups is 3. The molecule has 4 aromatic rings. The van der Waals surface area contributed by atoms with E-state index in [0.29, 0.717) is 35.9 Å². The van der Waals surface area contributed by atoms with Crippen LogP contribution in [0.25, 0.3) is 11.2 Å². The molecule has 4 heterocycles. The maximum absolute atomic E-state index is 13.2. The molecule has 0 atom stereocenters. The minimum Gasteiger partial charge on any atom is -0.444 e. The summed E-state index contributed by atoms with van der Waals surface area (Å²) in [4.78, 5) is 55.6. The Morgan fingerprint density at radius 1 is 0.959 bits per heavy atom. The normalized spacial score (nSPS) is 17.8. The highest BCUT2D eigenvalue weighted by Crippen LogP contribution is 2.38. The van der Waals surface area contributed by atoms with Gasteiger partial charge >= 0.3 is 12.2 Å². The third-order valence-electron chi connectivity index (χ3n) is 8.18. The Labute approximate surface area is 289 Å². The summed E-state index contributed by atoms with van der Waals surface area (Å²) in [5.41, 5.74) is 2.31. The van der Waals surface area contributed by atoms with Crippen molar-refractivity contribution < 1.29 is 23.9 Å². The van der Waals surface area contributed by atoms with E-state index >= 15 is 0 Å². The molecular formula is C35H44N8O5S. The van der Waals surface area contributed by atoms with Crippen LogP contribution in [0.3, 0.4) is 0 Å². The van der Waals surface area contributed by atoms with Crippen LogP contribution in [-0.2, 0) is 27.1 Å². The van der Waals surface area contributed by atoms with E-state index < -0.39 is 23.4 Å². The number of alkyl carbamates (subject to hydrolysis) is 1. The van der Waals surface area contributed by atoms with Gasteiger partial charge in [-0.3, -0.25) is 4.79 Å². The van der Waals surface area contributed by atoms with Crippen molar-refractivity contribution in [2.24, 2.45) is 0 Å². The summed E-state index contributed by atoms with van der Waals surface area (Å²) in [6.07, 6.45) is 4.63. The third kappa shape index (κ3) is 8.48. The molecule has 1 saturated carbocycles. The highest BCUT2D eigenvalue weighted by molar-refractivity contribution is 7.10. The Morgan fingerprint density at radius 2 is 1.69 bits per heavy atom. The lowest BCUT2D eigenvalue weighted by molar-refractivity contribution is -0.115. The zero-order valence-corrected chi connectivity index (χ0v) is 29.6. The summed E-state index contributed by atoms with van der Waals surface area (Å²) < 4.78 is 12.4. The van der Waals surface area contributed by atoms with Gasteiger partial charge in [-0.2, -0.15) is 9.97 Å². The van der Waals surface area contributed by atoms with E-state index in [4.69, 9.17) is 19.4 Å². The number of hydrogen-bond acceptors (Lipinski definition) is 11. The summed E-state index contributed by atoms with van der Waals surface area (Å²) in [5.74, 6) is 0.887. The number of anilines is 4. The molecule has 0 saturated heterocycles. The number of fused-ring (bicyclic) bond motifs is 2. The minimum atomic E-state index is -0.707. The van der Waals surface area contributed by atoms with Crippen LogP contribution in [0.5, 0.6) is 0 Å². The second kappa shape index (κ2) is 13.7. The summed E-state index contributed by atoms with van der Waals surface area (Å²) in [6, 6.07) is 9.85. The molecule has 0 radical (unpaired) electrons. The van der Waals surface area contributed by atoms with E-state index in [0.717, 1.165) is 53.9 Å². The molecule has 2 amide bonds. The van der Waals surface area contributed by atoms with E-state index in [-0.39, 0.29) is 18.0 Å². The van der Waals surface area contributed by atoms with Gasteiger partial charge in [-0.25, -0.2) is 19.1 Å². The van der Waals surface area contributed by atoms with Crippen molar-refractivity contribution >= 4 is 63.7 Å². The van der Waals surface area contributed by atoms with Crippen molar-refractivity contribution in [3.63, 3.8) is 0 Å². The van der Waals surface area contributed by atoms with Crippen molar-refractivity contribution in [2.75, 3.05) is 22.1 Å². The molecule has 1 fully saturated rings. The average Bonchev–Trinajstić information content (AvgIpc) is 3.76. The minimum absolute atomic E-state index is 0.0203. The van der Waals surface area contributed by atoms with Crippen LogP contribution < -0.4 is 20.9 Å². The summed E-state index contributed by atoms with van der Waals surface area (Å²) in [6.45, 7) is 11.6. The Kier molecular flexibility index (Phi) is 9.52. The molecule has 2 aliphatic rings. The van der Waals surface area contributed by atoms with Gasteiger partial charge in [-0.05, 0) is 109 Å². The van der Waals surface area contributed by atoms with Gasteiger partial charge in [0.05, 0.1) is 6.42 Å². The van der Waals surface area contributed by atoms with Crippen molar-refractivity contribution in [3.8, 4) is 0 Å². The van der Waals surface area contributed by atoms with E-state index in [1.807, 2.05) is 77.3 Å². The number of nitrogens with zero attached hydrogens (tertiary/aromatic N) is 5. The summed E-state index contributed by atoms with van der Waals surface area (Å²) >= 11 is 1.56. The molecule has 1 aliphatic carbocycles. The topological polar surface area (TPSA) is 153 Å². The first-order valence-electron chi connectivity index (χ1n) is 16.7. The van der Waals surface area contributed by atoms with Crippen LogP contribution >= 0.6 is 11.3 Å². The van der Waals surface area contributed by atoms with Gasteiger partial charge in [-0.15, -0.1) is 11.3 Å².